The van der Waals surface area contributed by atoms with Gasteiger partial charge in [-0.05, 0) is 119 Å². The molecule has 0 spiro atoms. The molecule has 0 bridgehead atoms. The van der Waals surface area contributed by atoms with E-state index in [9.17, 15) is 8.78 Å². The van der Waals surface area contributed by atoms with Crippen LogP contribution in [0.15, 0.2) is 18.2 Å². The molecule has 1 aromatic rings. The Morgan fingerprint density at radius 1 is 0.735 bits per heavy atom. The standard InChI is InChI=1S/C31H46F2O/c1-3-5-22-6-11-24(12-7-22)26-16-18-27(19-17-26)25-13-8-23(9-14-25)10-15-28-20-21-29(34-4-2)31(33)30(28)32/h10,15,20-27H,3-9,11-14,16-19H2,1-2H3/b15-10+. The summed E-state index contributed by atoms with van der Waals surface area (Å²) in [5.41, 5.74) is 0.324. The lowest BCUT2D eigenvalue weighted by Crippen LogP contribution is -2.29. The van der Waals surface area contributed by atoms with E-state index in [1.807, 2.05) is 0 Å². The van der Waals surface area contributed by atoms with Crippen LogP contribution in [0.25, 0.3) is 6.08 Å². The van der Waals surface area contributed by atoms with Gasteiger partial charge < -0.3 is 4.74 Å². The number of benzene rings is 1. The molecular weight excluding hydrogens is 426 g/mol. The third kappa shape index (κ3) is 6.43. The quantitative estimate of drug-likeness (QED) is 0.366. The van der Waals surface area contributed by atoms with Crippen LogP contribution in [0.5, 0.6) is 5.75 Å². The molecule has 0 aromatic heterocycles. The van der Waals surface area contributed by atoms with Crippen molar-refractivity contribution < 1.29 is 13.5 Å². The fraction of sp³-hybridized carbons (Fsp3) is 0.742. The largest absolute Gasteiger partial charge is 0.491 e. The van der Waals surface area contributed by atoms with E-state index in [0.29, 0.717) is 18.1 Å². The molecule has 3 aliphatic carbocycles. The normalized spacial score (nSPS) is 32.7. The number of ether oxygens (including phenoxy) is 1. The van der Waals surface area contributed by atoms with Crippen molar-refractivity contribution in [2.45, 2.75) is 104 Å². The van der Waals surface area contributed by atoms with E-state index in [2.05, 4.69) is 13.0 Å². The van der Waals surface area contributed by atoms with Crippen molar-refractivity contribution in [3.63, 3.8) is 0 Å². The zero-order valence-corrected chi connectivity index (χ0v) is 21.5. The summed E-state index contributed by atoms with van der Waals surface area (Å²) in [5, 5.41) is 0. The molecule has 0 radical (unpaired) electrons. The summed E-state index contributed by atoms with van der Waals surface area (Å²) >= 11 is 0. The third-order valence-electron chi connectivity index (χ3n) is 9.48. The van der Waals surface area contributed by atoms with Gasteiger partial charge >= 0.3 is 0 Å². The molecule has 0 N–H and O–H groups in total. The van der Waals surface area contributed by atoms with E-state index < -0.39 is 11.6 Å². The van der Waals surface area contributed by atoms with Gasteiger partial charge in [-0.25, -0.2) is 4.39 Å². The molecule has 3 aliphatic rings. The number of hydrogen-bond donors (Lipinski definition) is 0. The van der Waals surface area contributed by atoms with Crippen LogP contribution in [0, 0.1) is 47.1 Å². The second kappa shape index (κ2) is 12.5. The van der Waals surface area contributed by atoms with Gasteiger partial charge in [0.05, 0.1) is 6.61 Å². The lowest BCUT2D eigenvalue weighted by molar-refractivity contribution is 0.107. The van der Waals surface area contributed by atoms with Crippen LogP contribution >= 0.6 is 0 Å². The molecule has 0 atom stereocenters. The number of halogens is 2. The summed E-state index contributed by atoms with van der Waals surface area (Å²) in [6, 6.07) is 3.16. The predicted octanol–water partition coefficient (Wildman–Crippen LogP) is 9.60. The topological polar surface area (TPSA) is 9.23 Å². The zero-order valence-electron chi connectivity index (χ0n) is 21.5. The van der Waals surface area contributed by atoms with Crippen LogP contribution in [0.1, 0.15) is 109 Å². The maximum atomic E-state index is 14.4. The highest BCUT2D eigenvalue weighted by Crippen LogP contribution is 2.46. The van der Waals surface area contributed by atoms with Crippen LogP contribution in [-0.4, -0.2) is 6.61 Å². The molecule has 0 amide bonds. The van der Waals surface area contributed by atoms with Crippen molar-refractivity contribution in [1.29, 1.82) is 0 Å². The fourth-order valence-corrected chi connectivity index (χ4v) is 7.44. The lowest BCUT2D eigenvalue weighted by atomic mass is 9.65. The Hall–Kier alpha value is -1.38. The van der Waals surface area contributed by atoms with Crippen LogP contribution in [0.4, 0.5) is 8.78 Å². The number of rotatable bonds is 8. The summed E-state index contributed by atoms with van der Waals surface area (Å²) in [5.74, 6) is 3.65. The Labute approximate surface area is 206 Å². The Bertz CT molecular complexity index is 779. The van der Waals surface area contributed by atoms with Crippen molar-refractivity contribution in [3.8, 4) is 5.75 Å². The monoisotopic (exact) mass is 472 g/mol. The first-order valence-electron chi connectivity index (χ1n) is 14.4. The molecule has 190 valence electrons. The SMILES string of the molecule is CCCC1CCC(C2CCC(C3CCC(/C=C/c4ccc(OCC)c(F)c4F)CC3)CC2)CC1. The highest BCUT2D eigenvalue weighted by Gasteiger charge is 2.34. The molecule has 34 heavy (non-hydrogen) atoms. The van der Waals surface area contributed by atoms with Gasteiger partial charge in [0.1, 0.15) is 0 Å². The number of allylic oxidation sites excluding steroid dienone is 1. The summed E-state index contributed by atoms with van der Waals surface area (Å²) < 4.78 is 33.6. The second-order valence-electron chi connectivity index (χ2n) is 11.5. The molecule has 3 fully saturated rings. The van der Waals surface area contributed by atoms with Crippen LogP contribution in [0.2, 0.25) is 0 Å². The average Bonchev–Trinajstić information content (AvgIpc) is 2.88. The van der Waals surface area contributed by atoms with E-state index in [-0.39, 0.29) is 5.75 Å². The molecule has 4 rings (SSSR count). The second-order valence-corrected chi connectivity index (χ2v) is 11.5. The molecule has 3 saturated carbocycles. The van der Waals surface area contributed by atoms with Gasteiger partial charge in [-0.15, -0.1) is 0 Å². The maximum Gasteiger partial charge on any atom is 0.201 e. The van der Waals surface area contributed by atoms with E-state index >= 15 is 0 Å². The molecule has 1 nitrogen and oxygen atoms in total. The van der Waals surface area contributed by atoms with E-state index in [1.165, 1.54) is 96.0 Å². The maximum absolute atomic E-state index is 14.4. The summed E-state index contributed by atoms with van der Waals surface area (Å²) in [4.78, 5) is 0. The molecule has 0 unspecified atom stereocenters. The highest BCUT2D eigenvalue weighted by atomic mass is 19.2. The molecule has 3 heteroatoms. The Morgan fingerprint density at radius 3 is 1.79 bits per heavy atom. The minimum absolute atomic E-state index is 0.00319. The first kappa shape index (κ1) is 25.7. The van der Waals surface area contributed by atoms with Gasteiger partial charge in [0.15, 0.2) is 11.6 Å². The van der Waals surface area contributed by atoms with E-state index in [1.54, 1.807) is 19.1 Å². The first-order valence-corrected chi connectivity index (χ1v) is 14.4. The average molecular weight is 473 g/mol. The minimum atomic E-state index is -0.877. The highest BCUT2D eigenvalue weighted by molar-refractivity contribution is 5.52. The van der Waals surface area contributed by atoms with Crippen molar-refractivity contribution >= 4 is 6.08 Å². The predicted molar refractivity (Wildman–Crippen MR) is 138 cm³/mol. The van der Waals surface area contributed by atoms with Gasteiger partial charge in [0.25, 0.3) is 0 Å². The summed E-state index contributed by atoms with van der Waals surface area (Å²) in [6.45, 7) is 4.43. The zero-order chi connectivity index (χ0) is 23.9. The van der Waals surface area contributed by atoms with Crippen LogP contribution in [-0.2, 0) is 0 Å². The van der Waals surface area contributed by atoms with Crippen molar-refractivity contribution in [2.24, 2.45) is 35.5 Å². The summed E-state index contributed by atoms with van der Waals surface area (Å²) in [7, 11) is 0. The first-order chi connectivity index (χ1) is 16.6. The molecule has 0 aliphatic heterocycles. The van der Waals surface area contributed by atoms with Crippen LogP contribution < -0.4 is 4.74 Å². The van der Waals surface area contributed by atoms with Crippen molar-refractivity contribution in [1.82, 2.24) is 0 Å². The van der Waals surface area contributed by atoms with Gasteiger partial charge in [-0.3, -0.25) is 0 Å². The van der Waals surface area contributed by atoms with Crippen molar-refractivity contribution in [2.75, 3.05) is 6.61 Å². The van der Waals surface area contributed by atoms with Gasteiger partial charge in [0.2, 0.25) is 5.82 Å². The Balaban J connectivity index is 1.20. The number of hydrogen-bond acceptors (Lipinski definition) is 1. The molecule has 1 aromatic carbocycles. The van der Waals surface area contributed by atoms with Gasteiger partial charge in [-0.1, -0.05) is 44.8 Å². The third-order valence-corrected chi connectivity index (χ3v) is 9.48. The van der Waals surface area contributed by atoms with E-state index in [0.717, 1.165) is 29.6 Å². The Kier molecular flexibility index (Phi) is 9.48. The fourth-order valence-electron chi connectivity index (χ4n) is 7.44. The lowest BCUT2D eigenvalue weighted by Gasteiger charge is -2.41. The van der Waals surface area contributed by atoms with Crippen LogP contribution in [0.3, 0.4) is 0 Å². The van der Waals surface area contributed by atoms with E-state index in [4.69, 9.17) is 4.74 Å². The molecule has 0 saturated heterocycles. The summed E-state index contributed by atoms with van der Waals surface area (Å²) in [6.07, 6.45) is 23.5. The molecule has 0 heterocycles. The van der Waals surface area contributed by atoms with Gasteiger partial charge in [0, 0.05) is 5.56 Å². The minimum Gasteiger partial charge on any atom is -0.491 e. The smallest absolute Gasteiger partial charge is 0.201 e. The Morgan fingerprint density at radius 2 is 1.26 bits per heavy atom. The van der Waals surface area contributed by atoms with Crippen molar-refractivity contribution in [3.05, 3.63) is 35.4 Å². The molecular formula is C31H46F2O. The van der Waals surface area contributed by atoms with Gasteiger partial charge in [-0.2, -0.15) is 4.39 Å².